The molecule has 6 nitrogen and oxygen atoms in total. The molecule has 1 aliphatic carbocycles. The van der Waals surface area contributed by atoms with E-state index >= 15 is 0 Å². The van der Waals surface area contributed by atoms with Crippen LogP contribution in [0.5, 0.6) is 5.75 Å². The van der Waals surface area contributed by atoms with Gasteiger partial charge in [0.2, 0.25) is 5.91 Å². The molecule has 0 atom stereocenters. The number of carbonyl (C=O) groups is 1. The van der Waals surface area contributed by atoms with Crippen LogP contribution in [0.1, 0.15) is 55.3 Å². The fraction of sp³-hybridized carbons (Fsp3) is 0.542. The average Bonchev–Trinajstić information content (AvgIpc) is 3.60. The summed E-state index contributed by atoms with van der Waals surface area (Å²) in [5.74, 6) is 3.71. The zero-order chi connectivity index (χ0) is 21.3. The molecule has 2 aliphatic rings. The molecular formula is C24H32N4O2. The van der Waals surface area contributed by atoms with Gasteiger partial charge in [0.05, 0.1) is 7.11 Å². The van der Waals surface area contributed by atoms with Gasteiger partial charge < -0.3 is 14.5 Å². The maximum absolute atomic E-state index is 12.4. The minimum atomic E-state index is 0.0462. The highest BCUT2D eigenvalue weighted by molar-refractivity contribution is 5.78. The second-order valence-corrected chi connectivity index (χ2v) is 8.74. The highest BCUT2D eigenvalue weighted by Crippen LogP contribution is 2.39. The first-order chi connectivity index (χ1) is 14.5. The van der Waals surface area contributed by atoms with E-state index in [0.29, 0.717) is 5.92 Å². The largest absolute Gasteiger partial charge is 0.497 e. The van der Waals surface area contributed by atoms with Crippen molar-refractivity contribution >= 4 is 11.7 Å². The van der Waals surface area contributed by atoms with E-state index in [2.05, 4.69) is 24.0 Å². The van der Waals surface area contributed by atoms with Gasteiger partial charge in [0.25, 0.3) is 0 Å². The quantitative estimate of drug-likeness (QED) is 0.731. The van der Waals surface area contributed by atoms with Crippen LogP contribution in [0.2, 0.25) is 0 Å². The van der Waals surface area contributed by atoms with Crippen LogP contribution in [0.4, 0.5) is 5.82 Å². The summed E-state index contributed by atoms with van der Waals surface area (Å²) in [5.41, 5.74) is 3.48. The first-order valence-corrected chi connectivity index (χ1v) is 11.0. The lowest BCUT2D eigenvalue weighted by molar-refractivity contribution is -0.134. The number of piperazine rings is 1. The smallest absolute Gasteiger partial charge is 0.225 e. The number of carbonyl (C=O) groups excluding carboxylic acids is 1. The van der Waals surface area contributed by atoms with E-state index in [0.717, 1.165) is 55.7 Å². The molecule has 1 aliphatic heterocycles. The van der Waals surface area contributed by atoms with E-state index in [4.69, 9.17) is 14.7 Å². The molecule has 30 heavy (non-hydrogen) atoms. The van der Waals surface area contributed by atoms with Gasteiger partial charge in [-0.15, -0.1) is 0 Å². The summed E-state index contributed by atoms with van der Waals surface area (Å²) in [4.78, 5) is 26.6. The number of nitrogens with zero attached hydrogens (tertiary/aromatic N) is 4. The molecule has 0 spiro atoms. The van der Waals surface area contributed by atoms with Crippen LogP contribution >= 0.6 is 0 Å². The van der Waals surface area contributed by atoms with E-state index < -0.39 is 0 Å². The van der Waals surface area contributed by atoms with Crippen molar-refractivity contribution in [3.05, 3.63) is 46.9 Å². The highest BCUT2D eigenvalue weighted by Gasteiger charge is 2.30. The van der Waals surface area contributed by atoms with Crippen molar-refractivity contribution in [1.29, 1.82) is 0 Å². The summed E-state index contributed by atoms with van der Waals surface area (Å²) < 4.78 is 5.29. The minimum Gasteiger partial charge on any atom is -0.497 e. The normalized spacial score (nSPS) is 16.8. The number of benzene rings is 1. The number of rotatable bonds is 6. The first-order valence-electron chi connectivity index (χ1n) is 11.0. The van der Waals surface area contributed by atoms with Gasteiger partial charge in [-0.25, -0.2) is 9.97 Å². The predicted octanol–water partition coefficient (Wildman–Crippen LogP) is 3.57. The first kappa shape index (κ1) is 20.6. The number of methoxy groups -OCH3 is 1. The minimum absolute atomic E-state index is 0.0462. The fourth-order valence-electron chi connectivity index (χ4n) is 4.05. The van der Waals surface area contributed by atoms with Crippen LogP contribution in [0.3, 0.4) is 0 Å². The Bertz CT molecular complexity index is 898. The van der Waals surface area contributed by atoms with Crippen molar-refractivity contribution in [2.75, 3.05) is 38.2 Å². The van der Waals surface area contributed by atoms with Crippen LogP contribution in [0, 0.1) is 12.8 Å². The Morgan fingerprint density at radius 1 is 1.10 bits per heavy atom. The Morgan fingerprint density at radius 3 is 2.33 bits per heavy atom. The summed E-state index contributed by atoms with van der Waals surface area (Å²) in [6.45, 7) is 9.17. The van der Waals surface area contributed by atoms with Crippen molar-refractivity contribution in [2.24, 2.45) is 5.92 Å². The second kappa shape index (κ2) is 8.62. The zero-order valence-electron chi connectivity index (χ0n) is 18.5. The molecule has 1 aromatic carbocycles. The third-order valence-electron chi connectivity index (χ3n) is 6.08. The number of anilines is 1. The van der Waals surface area contributed by atoms with Gasteiger partial charge in [-0.1, -0.05) is 26.0 Å². The van der Waals surface area contributed by atoms with Crippen molar-refractivity contribution in [1.82, 2.24) is 14.9 Å². The number of hydrogen-bond acceptors (Lipinski definition) is 5. The maximum Gasteiger partial charge on any atom is 0.225 e. The van der Waals surface area contributed by atoms with Gasteiger partial charge in [-0.2, -0.15) is 0 Å². The molecule has 2 fully saturated rings. The lowest BCUT2D eigenvalue weighted by atomic mass is 10.0. The molecule has 0 radical (unpaired) electrons. The standard InChI is InChI=1S/C24H32N4O2/c1-16(2)24(29)28-13-11-27(12-14-28)23-21(15-18-5-9-20(30-4)10-6-18)17(3)25-22(26-23)19-7-8-19/h5-6,9-10,16,19H,7-8,11-15H2,1-4H3. The monoisotopic (exact) mass is 408 g/mol. The SMILES string of the molecule is COc1ccc(Cc2c(C)nc(C3CC3)nc2N2CCN(C(=O)C(C)C)CC2)cc1. The molecular weight excluding hydrogens is 376 g/mol. The average molecular weight is 409 g/mol. The number of amides is 1. The predicted molar refractivity (Wildman–Crippen MR) is 118 cm³/mol. The molecule has 2 aromatic rings. The van der Waals surface area contributed by atoms with Gasteiger partial charge >= 0.3 is 0 Å². The number of aryl methyl sites for hydroxylation is 1. The number of aromatic nitrogens is 2. The molecule has 1 saturated carbocycles. The van der Waals surface area contributed by atoms with Crippen molar-refractivity contribution in [2.45, 2.75) is 46.0 Å². The van der Waals surface area contributed by atoms with E-state index in [9.17, 15) is 4.79 Å². The van der Waals surface area contributed by atoms with Crippen LogP contribution < -0.4 is 9.64 Å². The van der Waals surface area contributed by atoms with Crippen LogP contribution in [-0.4, -0.2) is 54.1 Å². The molecule has 1 amide bonds. The van der Waals surface area contributed by atoms with Gasteiger partial charge in [0, 0.05) is 55.7 Å². The van der Waals surface area contributed by atoms with Crippen LogP contribution in [0.25, 0.3) is 0 Å². The second-order valence-electron chi connectivity index (χ2n) is 8.74. The van der Waals surface area contributed by atoms with Crippen LogP contribution in [-0.2, 0) is 11.2 Å². The van der Waals surface area contributed by atoms with E-state index in [1.807, 2.05) is 30.9 Å². The molecule has 1 saturated heterocycles. The van der Waals surface area contributed by atoms with Gasteiger partial charge in [-0.3, -0.25) is 4.79 Å². The third-order valence-corrected chi connectivity index (χ3v) is 6.08. The van der Waals surface area contributed by atoms with Crippen molar-refractivity contribution in [3.63, 3.8) is 0 Å². The highest BCUT2D eigenvalue weighted by atomic mass is 16.5. The molecule has 2 heterocycles. The summed E-state index contributed by atoms with van der Waals surface area (Å²) in [7, 11) is 1.69. The Hall–Kier alpha value is -2.63. The van der Waals surface area contributed by atoms with Gasteiger partial charge in [0.15, 0.2) is 0 Å². The van der Waals surface area contributed by atoms with E-state index in [1.54, 1.807) is 7.11 Å². The molecule has 4 rings (SSSR count). The third kappa shape index (κ3) is 4.42. The Labute approximate surface area is 179 Å². The van der Waals surface area contributed by atoms with Crippen molar-refractivity contribution in [3.8, 4) is 5.75 Å². The molecule has 0 N–H and O–H groups in total. The van der Waals surface area contributed by atoms with Gasteiger partial charge in [0.1, 0.15) is 17.4 Å². The summed E-state index contributed by atoms with van der Waals surface area (Å²) in [5, 5.41) is 0. The number of hydrogen-bond donors (Lipinski definition) is 0. The van der Waals surface area contributed by atoms with Crippen molar-refractivity contribution < 1.29 is 9.53 Å². The van der Waals surface area contributed by atoms with Crippen LogP contribution in [0.15, 0.2) is 24.3 Å². The maximum atomic E-state index is 12.4. The lowest BCUT2D eigenvalue weighted by Crippen LogP contribution is -2.50. The Morgan fingerprint density at radius 2 is 1.77 bits per heavy atom. The molecule has 0 bridgehead atoms. The van der Waals surface area contributed by atoms with Gasteiger partial charge in [-0.05, 0) is 37.5 Å². The molecule has 0 unspecified atom stereocenters. The topological polar surface area (TPSA) is 58.6 Å². The summed E-state index contributed by atoms with van der Waals surface area (Å²) >= 11 is 0. The number of ether oxygens (including phenoxy) is 1. The fourth-order valence-corrected chi connectivity index (χ4v) is 4.05. The van der Waals surface area contributed by atoms with E-state index in [1.165, 1.54) is 24.0 Å². The Kier molecular flexibility index (Phi) is 5.93. The summed E-state index contributed by atoms with van der Waals surface area (Å²) in [6.07, 6.45) is 3.17. The molecule has 1 aromatic heterocycles. The zero-order valence-corrected chi connectivity index (χ0v) is 18.5. The Balaban J connectivity index is 1.59. The molecule has 6 heteroatoms. The van der Waals surface area contributed by atoms with E-state index in [-0.39, 0.29) is 11.8 Å². The lowest BCUT2D eigenvalue weighted by Gasteiger charge is -2.37. The molecule has 160 valence electrons. The summed E-state index contributed by atoms with van der Waals surface area (Å²) in [6, 6.07) is 8.21.